The fourth-order valence-corrected chi connectivity index (χ4v) is 12.8. The van der Waals surface area contributed by atoms with Gasteiger partial charge in [-0.25, -0.2) is 0 Å². The van der Waals surface area contributed by atoms with Gasteiger partial charge in [0.05, 0.1) is 87.9 Å². The van der Waals surface area contributed by atoms with Gasteiger partial charge in [0.15, 0.2) is 5.71 Å². The van der Waals surface area contributed by atoms with Crippen LogP contribution in [0.4, 0.5) is 11.4 Å². The van der Waals surface area contributed by atoms with Gasteiger partial charge in [0.1, 0.15) is 16.3 Å². The number of ether oxygens (including phenoxy) is 7. The van der Waals surface area contributed by atoms with Crippen LogP contribution in [-0.4, -0.2) is 180 Å². The number of hydrogen-bond donors (Lipinski definition) is 5. The van der Waals surface area contributed by atoms with Crippen molar-refractivity contribution in [3.8, 4) is 0 Å². The summed E-state index contributed by atoms with van der Waals surface area (Å²) < 4.78 is 185. The van der Waals surface area contributed by atoms with Crippen molar-refractivity contribution in [3.05, 3.63) is 83.6 Å². The fraction of sp³-hybridized carbons (Fsp3) is 0.500. The predicted octanol–water partition coefficient (Wildman–Crippen LogP) is 5.98. The highest BCUT2D eigenvalue weighted by molar-refractivity contribution is 7.87. The third kappa shape index (κ3) is 15.4. The highest BCUT2D eigenvalue weighted by Gasteiger charge is 2.48. The lowest BCUT2D eigenvalue weighted by atomic mass is 9.76. The number of methoxy groups -OCH3 is 2. The van der Waals surface area contributed by atoms with E-state index in [0.717, 1.165) is 12.1 Å². The first kappa shape index (κ1) is 63.4. The number of rotatable bonds is 33. The van der Waals surface area contributed by atoms with Gasteiger partial charge in [-0.15, -0.1) is 0 Å². The summed E-state index contributed by atoms with van der Waals surface area (Å²) in [5.74, 6) is -0.956. The summed E-state index contributed by atoms with van der Waals surface area (Å²) in [4.78, 5) is 10.3. The van der Waals surface area contributed by atoms with E-state index in [0.29, 0.717) is 111 Å². The van der Waals surface area contributed by atoms with Gasteiger partial charge in [0.2, 0.25) is 5.69 Å². The van der Waals surface area contributed by atoms with Crippen LogP contribution in [0.3, 0.4) is 0 Å². The number of carboxylic acids is 1. The molecule has 0 amide bonds. The topological polar surface area (TPSA) is 326 Å². The number of hydrogen-bond acceptors (Lipinski definition) is 17. The number of carboxylic acid groups (broad SMARTS) is 1. The lowest BCUT2D eigenvalue weighted by molar-refractivity contribution is -0.438. The zero-order chi connectivity index (χ0) is 58.0. The molecule has 436 valence electrons. The lowest BCUT2D eigenvalue weighted by Crippen LogP contribution is -2.32. The van der Waals surface area contributed by atoms with Crippen molar-refractivity contribution < 1.29 is 99.5 Å². The minimum Gasteiger partial charge on any atom is -0.481 e. The molecule has 0 saturated carbocycles. The second kappa shape index (κ2) is 26.8. The molecule has 1 unspecified atom stereocenters. The van der Waals surface area contributed by atoms with Gasteiger partial charge in [-0.2, -0.15) is 38.2 Å². The molecule has 79 heavy (non-hydrogen) atoms. The van der Waals surface area contributed by atoms with Crippen molar-refractivity contribution >= 4 is 85.1 Å². The number of fused-ring (bicyclic) bond motifs is 6. The lowest BCUT2D eigenvalue weighted by Gasteiger charge is -2.31. The normalized spacial score (nSPS) is 17.3. The summed E-state index contributed by atoms with van der Waals surface area (Å²) in [7, 11) is -17.1. The maximum atomic E-state index is 13.0. The average molecular weight is 1190 g/mol. The van der Waals surface area contributed by atoms with Gasteiger partial charge >= 0.3 is 5.97 Å². The van der Waals surface area contributed by atoms with E-state index >= 15 is 0 Å². The SMILES string of the molecule is COCCOCCOCCOCCC1(C)/C(=C\C=C\C2=[N+](CCCCCC(=O)O)c3ccc4c(S(=O)(=O)O)cc(S(=O)(=O)O)cc4c3C2(C)C)N(CCOCCOCCOC)c2ccc3c(S(=O)(=O)O)cc(S(=O)(=O)O)cc3c21. The molecule has 23 nitrogen and oxygen atoms in total. The number of aliphatic carboxylic acids is 1. The van der Waals surface area contributed by atoms with Crippen LogP contribution in [-0.2, 0) is 89.3 Å². The summed E-state index contributed by atoms with van der Waals surface area (Å²) in [6.07, 6.45) is 6.84. The largest absolute Gasteiger partial charge is 0.481 e. The van der Waals surface area contributed by atoms with Crippen LogP contribution in [0.2, 0.25) is 0 Å². The molecule has 0 saturated heterocycles. The molecule has 2 aliphatic rings. The monoisotopic (exact) mass is 1190 g/mol. The van der Waals surface area contributed by atoms with Gasteiger partial charge in [0, 0.05) is 85.5 Å². The first-order chi connectivity index (χ1) is 37.2. The van der Waals surface area contributed by atoms with Crippen molar-refractivity contribution in [3.63, 3.8) is 0 Å². The van der Waals surface area contributed by atoms with Crippen LogP contribution < -0.4 is 4.90 Å². The molecule has 1 atom stereocenters. The van der Waals surface area contributed by atoms with E-state index in [1.54, 1.807) is 38.5 Å². The summed E-state index contributed by atoms with van der Waals surface area (Å²) >= 11 is 0. The Morgan fingerprint density at radius 2 is 1.06 bits per heavy atom. The molecule has 0 radical (unpaired) electrons. The maximum Gasteiger partial charge on any atom is 0.303 e. The van der Waals surface area contributed by atoms with Gasteiger partial charge in [-0.05, 0) is 98.8 Å². The van der Waals surface area contributed by atoms with E-state index in [4.69, 9.17) is 33.2 Å². The highest BCUT2D eigenvalue weighted by atomic mass is 32.2. The second-order valence-electron chi connectivity index (χ2n) is 19.4. The first-order valence-electron chi connectivity index (χ1n) is 25.2. The van der Waals surface area contributed by atoms with Crippen LogP contribution in [0.1, 0.15) is 64.0 Å². The number of carbonyl (C=O) groups is 1. The van der Waals surface area contributed by atoms with E-state index in [2.05, 4.69) is 0 Å². The standard InChI is InChI=1S/C52H68N2O21S4/c1-51(2)46(53(18-8-6-7-12-48(55)56)42-15-13-38-40(49(42)51)32-36(76(57,58)59)34-44(38)78(63,64)65)10-9-11-47-52(3,17-20-71-26-28-75-31-30-74-25-23-70-5)50-41-33-37(77(60,61)62)35-45(79(66,67)68)39(41)14-16-43(50)54(47)19-21-72-27-29-73-24-22-69-4/h9-11,13-16,32-35H,6-8,12,17-31H2,1-5H3,(H4-,55,56,57,58,59,60,61,62,63,64,65,66,67,68)/p+1. The number of anilines is 1. The van der Waals surface area contributed by atoms with Crippen LogP contribution in [0.25, 0.3) is 21.5 Å². The molecule has 6 rings (SSSR count). The molecule has 5 N–H and O–H groups in total. The van der Waals surface area contributed by atoms with Gasteiger partial charge < -0.3 is 43.2 Å². The first-order valence-corrected chi connectivity index (χ1v) is 31.0. The Labute approximate surface area is 460 Å². The predicted molar refractivity (Wildman–Crippen MR) is 290 cm³/mol. The third-order valence-corrected chi connectivity index (χ3v) is 17.2. The van der Waals surface area contributed by atoms with Crippen LogP contribution in [0.5, 0.6) is 0 Å². The zero-order valence-electron chi connectivity index (χ0n) is 44.6. The molecule has 0 aromatic heterocycles. The fourth-order valence-electron chi connectivity index (χ4n) is 10.1. The molecule has 0 fully saturated rings. The van der Waals surface area contributed by atoms with Crippen LogP contribution >= 0.6 is 0 Å². The van der Waals surface area contributed by atoms with E-state index < -0.39 is 76.9 Å². The molecule has 2 aliphatic heterocycles. The van der Waals surface area contributed by atoms with Gasteiger partial charge in [-0.1, -0.05) is 12.1 Å². The summed E-state index contributed by atoms with van der Waals surface area (Å²) in [6.45, 7) is 9.19. The molecule has 0 spiro atoms. The molecule has 0 bridgehead atoms. The second-order valence-corrected chi connectivity index (χ2v) is 25.0. The van der Waals surface area contributed by atoms with E-state index in [-0.39, 0.29) is 80.6 Å². The summed E-state index contributed by atoms with van der Waals surface area (Å²) in [6, 6.07) is 9.80. The van der Waals surface area contributed by atoms with Crippen molar-refractivity contribution in [2.45, 2.75) is 83.3 Å². The third-order valence-electron chi connectivity index (χ3n) is 13.8. The highest BCUT2D eigenvalue weighted by Crippen LogP contribution is 2.54. The molecular weight excluding hydrogens is 1120 g/mol. The van der Waals surface area contributed by atoms with E-state index in [9.17, 15) is 61.8 Å². The minimum atomic E-state index is -5.10. The zero-order valence-corrected chi connectivity index (χ0v) is 47.8. The summed E-state index contributed by atoms with van der Waals surface area (Å²) in [5.41, 5.74) is 0.846. The van der Waals surface area contributed by atoms with Gasteiger partial charge in [0.25, 0.3) is 40.5 Å². The Morgan fingerprint density at radius 3 is 1.56 bits per heavy atom. The molecule has 0 aliphatic carbocycles. The number of nitrogens with zero attached hydrogens (tertiary/aromatic N) is 2. The Kier molecular flexibility index (Phi) is 21.5. The maximum absolute atomic E-state index is 13.0. The molecule has 2 heterocycles. The van der Waals surface area contributed by atoms with Crippen molar-refractivity contribution in [1.29, 1.82) is 0 Å². The van der Waals surface area contributed by atoms with Crippen LogP contribution in [0, 0.1) is 0 Å². The number of allylic oxidation sites excluding steroid dienone is 4. The molecule has 4 aromatic carbocycles. The Hall–Kier alpha value is -4.82. The van der Waals surface area contributed by atoms with Gasteiger partial charge in [-0.3, -0.25) is 23.0 Å². The van der Waals surface area contributed by atoms with E-state index in [1.165, 1.54) is 12.1 Å². The van der Waals surface area contributed by atoms with Crippen LogP contribution in [0.15, 0.2) is 92.0 Å². The number of unbranched alkanes of at least 4 members (excludes halogenated alkanes) is 2. The Morgan fingerprint density at radius 1 is 0.582 bits per heavy atom. The molecule has 27 heteroatoms. The smallest absolute Gasteiger partial charge is 0.303 e. The summed E-state index contributed by atoms with van der Waals surface area (Å²) in [5, 5.41) is 9.48. The number of benzene rings is 4. The van der Waals surface area contributed by atoms with Crippen molar-refractivity contribution in [2.75, 3.05) is 111 Å². The average Bonchev–Trinajstić information content (AvgIpc) is 3.41. The van der Waals surface area contributed by atoms with Crippen molar-refractivity contribution in [2.24, 2.45) is 0 Å². The quantitative estimate of drug-likeness (QED) is 0.0208. The van der Waals surface area contributed by atoms with E-state index in [1.807, 2.05) is 36.3 Å². The van der Waals surface area contributed by atoms with Crippen molar-refractivity contribution in [1.82, 2.24) is 0 Å². The minimum absolute atomic E-state index is 0.0170. The molecule has 4 aromatic rings. The Balaban J connectivity index is 1.53. The Bertz CT molecular complexity index is 3430. The molecular formula is C52H69N2O21S4+.